The number of amides is 1. The van der Waals surface area contributed by atoms with Crippen molar-refractivity contribution in [3.05, 3.63) is 54.0 Å². The molecular formula is C14H12F3N3OS. The van der Waals surface area contributed by atoms with Gasteiger partial charge in [0.15, 0.2) is 0 Å². The van der Waals surface area contributed by atoms with Gasteiger partial charge in [0.25, 0.3) is 0 Å². The Bertz CT molecular complexity index is 635. The van der Waals surface area contributed by atoms with Gasteiger partial charge in [-0.15, -0.1) is 11.8 Å². The van der Waals surface area contributed by atoms with Gasteiger partial charge in [0, 0.05) is 18.1 Å². The molecule has 2 rings (SSSR count). The van der Waals surface area contributed by atoms with Gasteiger partial charge in [-0.25, -0.2) is 4.98 Å². The van der Waals surface area contributed by atoms with E-state index in [0.717, 1.165) is 11.6 Å². The van der Waals surface area contributed by atoms with Gasteiger partial charge in [-0.1, -0.05) is 12.1 Å². The molecule has 0 atom stereocenters. The molecule has 2 aromatic heterocycles. The van der Waals surface area contributed by atoms with E-state index in [1.165, 1.54) is 23.9 Å². The Hall–Kier alpha value is -2.09. The highest BCUT2D eigenvalue weighted by Crippen LogP contribution is 2.28. The molecule has 2 heterocycles. The van der Waals surface area contributed by atoms with Gasteiger partial charge in [-0.2, -0.15) is 13.2 Å². The van der Waals surface area contributed by atoms with Crippen molar-refractivity contribution in [3.63, 3.8) is 0 Å². The van der Waals surface area contributed by atoms with E-state index in [2.05, 4.69) is 15.3 Å². The van der Waals surface area contributed by atoms with E-state index in [0.29, 0.717) is 5.75 Å². The Balaban J connectivity index is 1.84. The number of halogens is 3. The normalized spacial score (nSPS) is 11.2. The van der Waals surface area contributed by atoms with Gasteiger partial charge in [0.05, 0.1) is 5.75 Å². The molecule has 0 fully saturated rings. The molecule has 1 N–H and O–H groups in total. The van der Waals surface area contributed by atoms with Crippen molar-refractivity contribution in [1.82, 2.24) is 9.97 Å². The number of rotatable bonds is 5. The van der Waals surface area contributed by atoms with Crippen molar-refractivity contribution in [2.45, 2.75) is 11.9 Å². The number of anilines is 1. The summed E-state index contributed by atoms with van der Waals surface area (Å²) in [7, 11) is 0. The van der Waals surface area contributed by atoms with Crippen LogP contribution in [0.15, 0.2) is 42.7 Å². The minimum Gasteiger partial charge on any atom is -0.310 e. The highest BCUT2D eigenvalue weighted by molar-refractivity contribution is 7.99. The van der Waals surface area contributed by atoms with Gasteiger partial charge in [-0.05, 0) is 23.8 Å². The van der Waals surface area contributed by atoms with Crippen LogP contribution < -0.4 is 5.32 Å². The third kappa shape index (κ3) is 5.03. The molecule has 0 aromatic carbocycles. The smallest absolute Gasteiger partial charge is 0.310 e. The van der Waals surface area contributed by atoms with Crippen LogP contribution in [0.1, 0.15) is 11.3 Å². The number of hydrogen-bond donors (Lipinski definition) is 1. The Morgan fingerprint density at radius 1 is 1.23 bits per heavy atom. The zero-order chi connectivity index (χ0) is 16.0. The molecule has 1 amide bonds. The first kappa shape index (κ1) is 16.3. The van der Waals surface area contributed by atoms with E-state index in [4.69, 9.17) is 0 Å². The largest absolute Gasteiger partial charge is 0.433 e. The van der Waals surface area contributed by atoms with E-state index in [1.807, 2.05) is 6.07 Å². The summed E-state index contributed by atoms with van der Waals surface area (Å²) in [5, 5.41) is 2.35. The molecular weight excluding hydrogens is 315 g/mol. The van der Waals surface area contributed by atoms with Crippen molar-refractivity contribution in [2.24, 2.45) is 0 Å². The molecule has 0 saturated carbocycles. The van der Waals surface area contributed by atoms with Gasteiger partial charge < -0.3 is 5.32 Å². The topological polar surface area (TPSA) is 54.9 Å². The SMILES string of the molecule is O=C(CSCc1cccnc1)Nc1cccc(C(F)(F)F)n1. The fraction of sp³-hybridized carbons (Fsp3) is 0.214. The number of thioether (sulfide) groups is 1. The van der Waals surface area contributed by atoms with Crippen LogP contribution in [0.2, 0.25) is 0 Å². The summed E-state index contributed by atoms with van der Waals surface area (Å²) >= 11 is 1.34. The van der Waals surface area contributed by atoms with E-state index >= 15 is 0 Å². The molecule has 0 radical (unpaired) electrons. The fourth-order valence-corrected chi connectivity index (χ4v) is 2.35. The van der Waals surface area contributed by atoms with Crippen LogP contribution in [0.4, 0.5) is 19.0 Å². The number of nitrogens with zero attached hydrogens (tertiary/aromatic N) is 2. The average molecular weight is 327 g/mol. The minimum atomic E-state index is -4.53. The number of nitrogens with one attached hydrogen (secondary N) is 1. The van der Waals surface area contributed by atoms with Crippen LogP contribution in [0.25, 0.3) is 0 Å². The number of alkyl halides is 3. The summed E-state index contributed by atoms with van der Waals surface area (Å²) < 4.78 is 37.5. The summed E-state index contributed by atoms with van der Waals surface area (Å²) in [6, 6.07) is 7.05. The maximum absolute atomic E-state index is 12.5. The van der Waals surface area contributed by atoms with Crippen LogP contribution >= 0.6 is 11.8 Å². The maximum atomic E-state index is 12.5. The average Bonchev–Trinajstić information content (AvgIpc) is 2.48. The summed E-state index contributed by atoms with van der Waals surface area (Å²) in [4.78, 5) is 19.0. The third-order valence-corrected chi connectivity index (χ3v) is 3.54. The second-order valence-electron chi connectivity index (χ2n) is 4.31. The Morgan fingerprint density at radius 3 is 2.73 bits per heavy atom. The second kappa shape index (κ2) is 7.26. The van der Waals surface area contributed by atoms with Crippen LogP contribution in [-0.4, -0.2) is 21.6 Å². The molecule has 0 aliphatic heterocycles. The summed E-state index contributed by atoms with van der Waals surface area (Å²) in [6.45, 7) is 0. The lowest BCUT2D eigenvalue weighted by Crippen LogP contribution is -2.17. The highest BCUT2D eigenvalue weighted by Gasteiger charge is 2.32. The molecule has 0 aliphatic carbocycles. The van der Waals surface area contributed by atoms with Crippen LogP contribution in [0.3, 0.4) is 0 Å². The van der Waals surface area contributed by atoms with Crippen LogP contribution in [-0.2, 0) is 16.7 Å². The first-order valence-corrected chi connectivity index (χ1v) is 7.41. The molecule has 0 aliphatic rings. The molecule has 22 heavy (non-hydrogen) atoms. The van der Waals surface area contributed by atoms with Gasteiger partial charge in [-0.3, -0.25) is 9.78 Å². The lowest BCUT2D eigenvalue weighted by atomic mass is 10.3. The molecule has 0 unspecified atom stereocenters. The van der Waals surface area contributed by atoms with E-state index in [1.54, 1.807) is 18.5 Å². The highest BCUT2D eigenvalue weighted by atomic mass is 32.2. The summed E-state index contributed by atoms with van der Waals surface area (Å²) in [6.07, 6.45) is -1.19. The molecule has 8 heteroatoms. The Morgan fingerprint density at radius 2 is 2.05 bits per heavy atom. The van der Waals surface area contributed by atoms with Crippen molar-refractivity contribution in [2.75, 3.05) is 11.1 Å². The molecule has 2 aromatic rings. The minimum absolute atomic E-state index is 0.109. The van der Waals surface area contributed by atoms with Crippen molar-refractivity contribution in [1.29, 1.82) is 0 Å². The van der Waals surface area contributed by atoms with Gasteiger partial charge >= 0.3 is 6.18 Å². The monoisotopic (exact) mass is 327 g/mol. The second-order valence-corrected chi connectivity index (χ2v) is 5.29. The van der Waals surface area contributed by atoms with E-state index in [-0.39, 0.29) is 11.6 Å². The lowest BCUT2D eigenvalue weighted by molar-refractivity contribution is -0.141. The summed E-state index contributed by atoms with van der Waals surface area (Å²) in [5.41, 5.74) is -0.0641. The maximum Gasteiger partial charge on any atom is 0.433 e. The lowest BCUT2D eigenvalue weighted by Gasteiger charge is -2.08. The summed E-state index contributed by atoms with van der Waals surface area (Å²) in [5.74, 6) is 0.201. The number of aromatic nitrogens is 2. The molecule has 0 saturated heterocycles. The first-order valence-electron chi connectivity index (χ1n) is 6.26. The van der Waals surface area contributed by atoms with Gasteiger partial charge in [0.1, 0.15) is 11.5 Å². The Kier molecular flexibility index (Phi) is 5.37. The zero-order valence-corrected chi connectivity index (χ0v) is 12.1. The number of carbonyl (C=O) groups excluding carboxylic acids is 1. The van der Waals surface area contributed by atoms with E-state index < -0.39 is 17.8 Å². The molecule has 116 valence electrons. The fourth-order valence-electron chi connectivity index (χ4n) is 1.59. The van der Waals surface area contributed by atoms with Crippen molar-refractivity contribution in [3.8, 4) is 0 Å². The molecule has 0 bridgehead atoms. The molecule has 0 spiro atoms. The van der Waals surface area contributed by atoms with Crippen LogP contribution in [0, 0.1) is 0 Å². The van der Waals surface area contributed by atoms with Crippen molar-refractivity contribution < 1.29 is 18.0 Å². The first-order chi connectivity index (χ1) is 10.4. The quantitative estimate of drug-likeness (QED) is 0.915. The standard InChI is InChI=1S/C14H12F3N3OS/c15-14(16,17)11-4-1-5-12(19-11)20-13(21)9-22-8-10-3-2-6-18-7-10/h1-7H,8-9H2,(H,19,20,21). The number of pyridine rings is 2. The Labute approximate surface area is 129 Å². The number of hydrogen-bond acceptors (Lipinski definition) is 4. The molecule has 4 nitrogen and oxygen atoms in total. The number of carbonyl (C=O) groups is 1. The van der Waals surface area contributed by atoms with E-state index in [9.17, 15) is 18.0 Å². The predicted molar refractivity (Wildman–Crippen MR) is 78.3 cm³/mol. The van der Waals surface area contributed by atoms with Gasteiger partial charge in [0.2, 0.25) is 5.91 Å². The predicted octanol–water partition coefficient (Wildman–Crippen LogP) is 3.37. The third-order valence-electron chi connectivity index (χ3n) is 2.53. The van der Waals surface area contributed by atoms with Crippen molar-refractivity contribution >= 4 is 23.5 Å². The van der Waals surface area contributed by atoms with Crippen LogP contribution in [0.5, 0.6) is 0 Å². The zero-order valence-electron chi connectivity index (χ0n) is 11.3.